The van der Waals surface area contributed by atoms with Gasteiger partial charge in [-0.3, -0.25) is 4.99 Å². The Hall–Kier alpha value is -3.28. The quantitative estimate of drug-likeness (QED) is 0.734. The Labute approximate surface area is 134 Å². The molecule has 1 aromatic heterocycles. The molecule has 0 bridgehead atoms. The van der Waals surface area contributed by atoms with E-state index >= 15 is 0 Å². The minimum Gasteiger partial charge on any atom is -0.404 e. The fraction of sp³-hybridized carbons (Fsp3) is 0.0588. The Morgan fingerprint density at radius 3 is 2.35 bits per heavy atom. The zero-order valence-corrected chi connectivity index (χ0v) is 12.8. The van der Waals surface area contributed by atoms with Crippen LogP contribution in [-0.2, 0) is 0 Å². The van der Waals surface area contributed by atoms with Crippen molar-refractivity contribution >= 4 is 23.6 Å². The fourth-order valence-electron chi connectivity index (χ4n) is 2.04. The first-order chi connectivity index (χ1) is 11.2. The molecule has 0 aliphatic heterocycles. The van der Waals surface area contributed by atoms with Gasteiger partial charge in [-0.1, -0.05) is 18.2 Å². The molecular weight excluding hydrogens is 288 g/mol. The molecule has 0 unspecified atom stereocenters. The SMILES string of the molecule is CN=C/C(=C\N)c1cccc(-c2ncc(/C(C=N)=C/N)cn2)c1. The Balaban J connectivity index is 2.38. The van der Waals surface area contributed by atoms with Crippen LogP contribution in [0, 0.1) is 5.41 Å². The topological polar surface area (TPSA) is 114 Å². The van der Waals surface area contributed by atoms with Crippen molar-refractivity contribution in [2.24, 2.45) is 16.5 Å². The zero-order chi connectivity index (χ0) is 16.7. The Bertz CT molecular complexity index is 772. The van der Waals surface area contributed by atoms with Crippen LogP contribution in [0.4, 0.5) is 0 Å². The number of nitrogens with two attached hydrogens (primary N) is 2. The maximum absolute atomic E-state index is 7.29. The van der Waals surface area contributed by atoms with E-state index in [2.05, 4.69) is 15.0 Å². The van der Waals surface area contributed by atoms with Crippen LogP contribution in [-0.4, -0.2) is 29.4 Å². The Kier molecular flexibility index (Phi) is 5.35. The van der Waals surface area contributed by atoms with Crippen LogP contribution in [0.25, 0.3) is 22.5 Å². The molecule has 6 heteroatoms. The van der Waals surface area contributed by atoms with Gasteiger partial charge in [0.05, 0.1) is 0 Å². The third kappa shape index (κ3) is 3.68. The smallest absolute Gasteiger partial charge is 0.159 e. The van der Waals surface area contributed by atoms with E-state index in [-0.39, 0.29) is 0 Å². The van der Waals surface area contributed by atoms with Crippen molar-refractivity contribution in [1.82, 2.24) is 9.97 Å². The van der Waals surface area contributed by atoms with Gasteiger partial charge >= 0.3 is 0 Å². The molecule has 0 radical (unpaired) electrons. The van der Waals surface area contributed by atoms with E-state index in [1.165, 1.54) is 18.6 Å². The van der Waals surface area contributed by atoms with E-state index in [0.29, 0.717) is 17.0 Å². The lowest BCUT2D eigenvalue weighted by Gasteiger charge is -2.06. The summed E-state index contributed by atoms with van der Waals surface area (Å²) in [4.78, 5) is 12.7. The van der Waals surface area contributed by atoms with Gasteiger partial charge in [0.25, 0.3) is 0 Å². The van der Waals surface area contributed by atoms with Crippen molar-refractivity contribution < 1.29 is 0 Å². The summed E-state index contributed by atoms with van der Waals surface area (Å²) in [5.74, 6) is 0.585. The predicted molar refractivity (Wildman–Crippen MR) is 95.0 cm³/mol. The molecule has 0 aliphatic carbocycles. The van der Waals surface area contributed by atoms with Crippen LogP contribution < -0.4 is 11.5 Å². The lowest BCUT2D eigenvalue weighted by Crippen LogP contribution is -1.96. The van der Waals surface area contributed by atoms with Gasteiger partial charge in [-0.2, -0.15) is 0 Å². The summed E-state index contributed by atoms with van der Waals surface area (Å²) in [5.41, 5.74) is 15.0. The zero-order valence-electron chi connectivity index (χ0n) is 12.8. The molecule has 5 N–H and O–H groups in total. The van der Waals surface area contributed by atoms with Gasteiger partial charge in [-0.05, 0) is 11.6 Å². The summed E-state index contributed by atoms with van der Waals surface area (Å²) in [7, 11) is 1.70. The van der Waals surface area contributed by atoms with Crippen LogP contribution in [0.1, 0.15) is 11.1 Å². The molecule has 23 heavy (non-hydrogen) atoms. The normalized spacial score (nSPS) is 12.6. The molecular formula is C17H18N6. The second-order valence-corrected chi connectivity index (χ2v) is 4.65. The van der Waals surface area contributed by atoms with Gasteiger partial charge in [0.2, 0.25) is 0 Å². The van der Waals surface area contributed by atoms with Crippen molar-refractivity contribution in [1.29, 1.82) is 5.41 Å². The number of nitrogens with zero attached hydrogens (tertiary/aromatic N) is 3. The number of aliphatic imine (C=N–C) groups is 1. The monoisotopic (exact) mass is 306 g/mol. The molecule has 0 aliphatic rings. The highest BCUT2D eigenvalue weighted by atomic mass is 14.9. The van der Waals surface area contributed by atoms with Gasteiger partial charge in [0.15, 0.2) is 5.82 Å². The van der Waals surface area contributed by atoms with Crippen LogP contribution in [0.5, 0.6) is 0 Å². The van der Waals surface area contributed by atoms with Crippen molar-refractivity contribution in [3.8, 4) is 11.4 Å². The maximum Gasteiger partial charge on any atom is 0.159 e. The minimum absolute atomic E-state index is 0.567. The number of hydrogen-bond donors (Lipinski definition) is 3. The molecule has 0 amide bonds. The summed E-state index contributed by atoms with van der Waals surface area (Å²) in [6.45, 7) is 0. The largest absolute Gasteiger partial charge is 0.404 e. The van der Waals surface area contributed by atoms with Gasteiger partial charge in [-0.25, -0.2) is 9.97 Å². The third-order valence-electron chi connectivity index (χ3n) is 3.22. The molecule has 0 fully saturated rings. The molecule has 0 spiro atoms. The molecule has 116 valence electrons. The van der Waals surface area contributed by atoms with E-state index in [1.807, 2.05) is 24.3 Å². The van der Waals surface area contributed by atoms with Crippen LogP contribution in [0.15, 0.2) is 54.1 Å². The van der Waals surface area contributed by atoms with E-state index in [1.54, 1.807) is 25.7 Å². The maximum atomic E-state index is 7.29. The van der Waals surface area contributed by atoms with Crippen molar-refractivity contribution in [2.75, 3.05) is 7.05 Å². The van der Waals surface area contributed by atoms with Crippen LogP contribution >= 0.6 is 0 Å². The average molecular weight is 306 g/mol. The number of nitrogens with one attached hydrogen (secondary N) is 1. The summed E-state index contributed by atoms with van der Waals surface area (Å²) < 4.78 is 0. The lowest BCUT2D eigenvalue weighted by atomic mass is 10.0. The number of allylic oxidation sites excluding steroid dienone is 2. The molecule has 0 saturated heterocycles. The van der Waals surface area contributed by atoms with Crippen LogP contribution in [0.3, 0.4) is 0 Å². The molecule has 2 rings (SSSR count). The number of aromatic nitrogens is 2. The summed E-state index contributed by atoms with van der Waals surface area (Å²) >= 11 is 0. The summed E-state index contributed by atoms with van der Waals surface area (Å²) in [5, 5.41) is 7.29. The number of hydrogen-bond acceptors (Lipinski definition) is 6. The van der Waals surface area contributed by atoms with Gasteiger partial charge in [-0.15, -0.1) is 0 Å². The van der Waals surface area contributed by atoms with Gasteiger partial charge in [0.1, 0.15) is 0 Å². The van der Waals surface area contributed by atoms with E-state index in [9.17, 15) is 0 Å². The van der Waals surface area contributed by atoms with Crippen LogP contribution in [0.2, 0.25) is 0 Å². The highest BCUT2D eigenvalue weighted by molar-refractivity contribution is 6.10. The van der Waals surface area contributed by atoms with E-state index in [0.717, 1.165) is 16.7 Å². The van der Waals surface area contributed by atoms with E-state index in [4.69, 9.17) is 16.9 Å². The standard InChI is InChI=1S/C17H18N6/c1-21-9-15(8-20)12-3-2-4-13(5-12)17-22-10-16(11-23-17)14(6-18)7-19/h2-11,18H,19-20H2,1H3/b14-7+,15-8+,18-6?,21-9?. The molecule has 0 atom stereocenters. The second kappa shape index (κ2) is 7.65. The van der Waals surface area contributed by atoms with Gasteiger partial charge in [0, 0.05) is 66.5 Å². The molecule has 0 saturated carbocycles. The molecule has 1 heterocycles. The average Bonchev–Trinajstić information content (AvgIpc) is 2.61. The first kappa shape index (κ1) is 16.1. The lowest BCUT2D eigenvalue weighted by molar-refractivity contribution is 1.16. The van der Waals surface area contributed by atoms with Crippen molar-refractivity contribution in [3.05, 3.63) is 60.2 Å². The second-order valence-electron chi connectivity index (χ2n) is 4.65. The number of benzene rings is 1. The Morgan fingerprint density at radius 2 is 1.78 bits per heavy atom. The summed E-state index contributed by atoms with van der Waals surface area (Å²) in [6.07, 6.45) is 9.03. The van der Waals surface area contributed by atoms with E-state index < -0.39 is 0 Å². The molecule has 6 nitrogen and oxygen atoms in total. The number of rotatable bonds is 5. The minimum atomic E-state index is 0.567. The highest BCUT2D eigenvalue weighted by Gasteiger charge is 2.06. The molecule has 2 aromatic rings. The fourth-order valence-corrected chi connectivity index (χ4v) is 2.04. The van der Waals surface area contributed by atoms with Crippen molar-refractivity contribution in [3.63, 3.8) is 0 Å². The first-order valence-corrected chi connectivity index (χ1v) is 6.93. The predicted octanol–water partition coefficient (Wildman–Crippen LogP) is 2.09. The highest BCUT2D eigenvalue weighted by Crippen LogP contribution is 2.21. The summed E-state index contributed by atoms with van der Waals surface area (Å²) in [6, 6.07) is 7.73. The molecule has 1 aromatic carbocycles. The van der Waals surface area contributed by atoms with Crippen molar-refractivity contribution in [2.45, 2.75) is 0 Å². The Morgan fingerprint density at radius 1 is 1.09 bits per heavy atom. The van der Waals surface area contributed by atoms with Gasteiger partial charge < -0.3 is 16.9 Å². The third-order valence-corrected chi connectivity index (χ3v) is 3.22. The first-order valence-electron chi connectivity index (χ1n) is 6.93.